The molecule has 0 aliphatic heterocycles. The molecular weight excluding hydrogens is 402 g/mol. The topological polar surface area (TPSA) is 123 Å². The van der Waals surface area contributed by atoms with Crippen LogP contribution in [0.25, 0.3) is 15.3 Å². The third-order valence-corrected chi connectivity index (χ3v) is 5.20. The van der Waals surface area contributed by atoms with E-state index in [4.69, 9.17) is 10.8 Å². The van der Waals surface area contributed by atoms with Gasteiger partial charge in [0.05, 0.1) is 59.3 Å². The highest BCUT2D eigenvalue weighted by molar-refractivity contribution is 7.21. The van der Waals surface area contributed by atoms with Gasteiger partial charge in [0.1, 0.15) is 4.83 Å². The molecule has 0 fully saturated rings. The van der Waals surface area contributed by atoms with Crippen LogP contribution in [0, 0.1) is 6.92 Å². The highest BCUT2D eigenvalue weighted by Crippen LogP contribution is 2.30. The Balaban J connectivity index is 0.00000225. The van der Waals surface area contributed by atoms with E-state index < -0.39 is 0 Å². The molecule has 9 nitrogen and oxygen atoms in total. The third kappa shape index (κ3) is 3.70. The van der Waals surface area contributed by atoms with Crippen molar-refractivity contribution in [3.05, 3.63) is 48.3 Å². The molecule has 4 N–H and O–H groups in total. The summed E-state index contributed by atoms with van der Waals surface area (Å²) >= 11 is 1.44. The minimum absolute atomic E-state index is 0. The molecule has 146 valence electrons. The van der Waals surface area contributed by atoms with Gasteiger partial charge in [-0.3, -0.25) is 14.5 Å². The predicted molar refractivity (Wildman–Crippen MR) is 110 cm³/mol. The third-order valence-electron chi connectivity index (χ3n) is 4.04. The Bertz CT molecular complexity index is 1130. The van der Waals surface area contributed by atoms with E-state index in [-0.39, 0.29) is 24.9 Å². The van der Waals surface area contributed by atoms with Gasteiger partial charge in [-0.1, -0.05) is 0 Å². The summed E-state index contributed by atoms with van der Waals surface area (Å²) in [6, 6.07) is 1.68. The number of hydrogen-bond acceptors (Lipinski definition) is 7. The second-order valence-corrected chi connectivity index (χ2v) is 7.01. The van der Waals surface area contributed by atoms with E-state index in [0.29, 0.717) is 29.2 Å². The Morgan fingerprint density at radius 1 is 1.29 bits per heavy atom. The predicted octanol–water partition coefficient (Wildman–Crippen LogP) is 2.21. The average Bonchev–Trinajstić information content (AvgIpc) is 3.33. The highest BCUT2D eigenvalue weighted by Gasteiger charge is 2.18. The Labute approximate surface area is 170 Å². The lowest BCUT2D eigenvalue weighted by Gasteiger charge is -2.07. The summed E-state index contributed by atoms with van der Waals surface area (Å²) in [7, 11) is 0. The van der Waals surface area contributed by atoms with Gasteiger partial charge in [-0.05, 0) is 13.0 Å². The fourth-order valence-electron chi connectivity index (χ4n) is 2.66. The number of fused-ring (bicyclic) bond motifs is 1. The molecule has 0 bridgehead atoms. The van der Waals surface area contributed by atoms with Crippen LogP contribution in [-0.2, 0) is 6.54 Å². The molecule has 0 radical (unpaired) electrons. The zero-order valence-corrected chi connectivity index (χ0v) is 16.5. The first-order valence-electron chi connectivity index (χ1n) is 8.19. The lowest BCUT2D eigenvalue weighted by atomic mass is 10.2. The van der Waals surface area contributed by atoms with Crippen molar-refractivity contribution >= 4 is 45.9 Å². The SMILES string of the molecule is Cc1ncc(N)cc1NC(=O)c1cnn2cc(-c3cnn(CCO)c3)sc12.Cl. The Morgan fingerprint density at radius 2 is 2.11 bits per heavy atom. The second kappa shape index (κ2) is 7.97. The molecule has 4 heterocycles. The Morgan fingerprint density at radius 3 is 2.89 bits per heavy atom. The number of pyridine rings is 1. The summed E-state index contributed by atoms with van der Waals surface area (Å²) in [6.45, 7) is 2.26. The number of hydrogen-bond donors (Lipinski definition) is 3. The number of nitrogens with zero attached hydrogens (tertiary/aromatic N) is 5. The number of nitrogen functional groups attached to an aromatic ring is 1. The van der Waals surface area contributed by atoms with Gasteiger partial charge in [0.25, 0.3) is 5.91 Å². The minimum atomic E-state index is -0.273. The number of anilines is 2. The van der Waals surface area contributed by atoms with Crippen molar-refractivity contribution in [3.8, 4) is 10.4 Å². The van der Waals surface area contributed by atoms with E-state index in [1.54, 1.807) is 34.6 Å². The van der Waals surface area contributed by atoms with Gasteiger partial charge in [0.2, 0.25) is 0 Å². The summed E-state index contributed by atoms with van der Waals surface area (Å²) in [5.74, 6) is -0.273. The van der Waals surface area contributed by atoms with Crippen molar-refractivity contribution in [2.45, 2.75) is 13.5 Å². The number of aliphatic hydroxyl groups is 1. The molecule has 28 heavy (non-hydrogen) atoms. The summed E-state index contributed by atoms with van der Waals surface area (Å²) < 4.78 is 3.34. The summed E-state index contributed by atoms with van der Waals surface area (Å²) in [5, 5.41) is 20.3. The second-order valence-electron chi connectivity index (χ2n) is 5.97. The van der Waals surface area contributed by atoms with Crippen LogP contribution in [0.4, 0.5) is 11.4 Å². The van der Waals surface area contributed by atoms with E-state index >= 15 is 0 Å². The van der Waals surface area contributed by atoms with Crippen LogP contribution in [0.15, 0.2) is 37.1 Å². The molecule has 0 aromatic carbocycles. The molecule has 0 aliphatic rings. The summed E-state index contributed by atoms with van der Waals surface area (Å²) in [4.78, 5) is 18.5. The zero-order chi connectivity index (χ0) is 19.0. The number of rotatable bonds is 5. The maximum absolute atomic E-state index is 12.7. The molecule has 0 saturated carbocycles. The quantitative estimate of drug-likeness (QED) is 0.455. The van der Waals surface area contributed by atoms with Crippen LogP contribution in [-0.4, -0.2) is 42.0 Å². The Hall–Kier alpha value is -2.95. The van der Waals surface area contributed by atoms with E-state index in [2.05, 4.69) is 20.5 Å². The first-order valence-corrected chi connectivity index (χ1v) is 9.01. The first kappa shape index (κ1) is 19.8. The van der Waals surface area contributed by atoms with Crippen molar-refractivity contribution in [1.29, 1.82) is 0 Å². The number of carbonyl (C=O) groups is 1. The maximum atomic E-state index is 12.7. The molecule has 11 heteroatoms. The van der Waals surface area contributed by atoms with Crippen LogP contribution in [0.1, 0.15) is 16.1 Å². The normalized spacial score (nSPS) is 10.8. The monoisotopic (exact) mass is 419 g/mol. The van der Waals surface area contributed by atoms with E-state index in [1.807, 2.05) is 12.4 Å². The van der Waals surface area contributed by atoms with Crippen molar-refractivity contribution in [2.75, 3.05) is 17.7 Å². The van der Waals surface area contributed by atoms with Crippen molar-refractivity contribution in [3.63, 3.8) is 0 Å². The smallest absolute Gasteiger partial charge is 0.260 e. The van der Waals surface area contributed by atoms with Crippen LogP contribution in [0.5, 0.6) is 0 Å². The van der Waals surface area contributed by atoms with Gasteiger partial charge in [-0.15, -0.1) is 23.7 Å². The minimum Gasteiger partial charge on any atom is -0.397 e. The van der Waals surface area contributed by atoms with Gasteiger partial charge in [-0.2, -0.15) is 10.2 Å². The van der Waals surface area contributed by atoms with E-state index in [1.165, 1.54) is 17.5 Å². The number of aromatic nitrogens is 5. The Kier molecular flexibility index (Phi) is 5.63. The lowest BCUT2D eigenvalue weighted by Crippen LogP contribution is -2.13. The highest BCUT2D eigenvalue weighted by atomic mass is 35.5. The molecule has 4 aromatic rings. The average molecular weight is 420 g/mol. The van der Waals surface area contributed by atoms with E-state index in [0.717, 1.165) is 15.3 Å². The molecule has 0 saturated heterocycles. The molecule has 0 spiro atoms. The molecular formula is C17H18ClN7O2S. The number of aryl methyl sites for hydroxylation is 1. The lowest BCUT2D eigenvalue weighted by molar-refractivity contribution is 0.102. The van der Waals surface area contributed by atoms with Crippen LogP contribution in [0.2, 0.25) is 0 Å². The first-order chi connectivity index (χ1) is 13.0. The standard InChI is InChI=1S/C17H17N7O2S.ClH/c1-10-14(4-12(18)6-19-10)22-16(26)13-7-21-24-9-15(27-17(13)24)11-5-20-23(8-11)2-3-25;/h4-9,25H,2-3,18H2,1H3,(H,22,26);1H. The number of thiazole rings is 1. The number of nitrogens with two attached hydrogens (primary N) is 1. The van der Waals surface area contributed by atoms with Gasteiger partial charge in [0, 0.05) is 18.0 Å². The number of amides is 1. The number of halogens is 1. The summed E-state index contributed by atoms with van der Waals surface area (Å²) in [5.41, 5.74) is 8.86. The molecule has 0 unspecified atom stereocenters. The molecule has 0 atom stereocenters. The fraction of sp³-hybridized carbons (Fsp3) is 0.176. The maximum Gasteiger partial charge on any atom is 0.260 e. The molecule has 1 amide bonds. The van der Waals surface area contributed by atoms with Gasteiger partial charge >= 0.3 is 0 Å². The number of nitrogens with one attached hydrogen (secondary N) is 1. The molecule has 0 aliphatic carbocycles. The van der Waals surface area contributed by atoms with Crippen LogP contribution >= 0.6 is 23.7 Å². The van der Waals surface area contributed by atoms with Crippen molar-refractivity contribution in [2.24, 2.45) is 0 Å². The van der Waals surface area contributed by atoms with Crippen molar-refractivity contribution in [1.82, 2.24) is 24.4 Å². The van der Waals surface area contributed by atoms with Gasteiger partial charge < -0.3 is 16.2 Å². The number of carbonyl (C=O) groups excluding carboxylic acids is 1. The van der Waals surface area contributed by atoms with Crippen LogP contribution in [0.3, 0.4) is 0 Å². The zero-order valence-electron chi connectivity index (χ0n) is 14.9. The molecule has 4 rings (SSSR count). The van der Waals surface area contributed by atoms with Gasteiger partial charge in [0.15, 0.2) is 0 Å². The van der Waals surface area contributed by atoms with Crippen LogP contribution < -0.4 is 11.1 Å². The summed E-state index contributed by atoms with van der Waals surface area (Å²) in [6.07, 6.45) is 8.51. The van der Waals surface area contributed by atoms with Crippen molar-refractivity contribution < 1.29 is 9.90 Å². The van der Waals surface area contributed by atoms with E-state index in [9.17, 15) is 4.79 Å². The molecule has 4 aromatic heterocycles. The fourth-order valence-corrected chi connectivity index (χ4v) is 3.69. The number of aliphatic hydroxyl groups excluding tert-OH is 1. The van der Waals surface area contributed by atoms with Gasteiger partial charge in [-0.25, -0.2) is 4.52 Å². The largest absolute Gasteiger partial charge is 0.397 e.